The Balaban J connectivity index is 0.00000196. The fourth-order valence-corrected chi connectivity index (χ4v) is 1.40. The minimum absolute atomic E-state index is 0. The van der Waals surface area contributed by atoms with Crippen LogP contribution in [-0.2, 0) is 4.79 Å². The van der Waals surface area contributed by atoms with E-state index in [1.807, 2.05) is 37.3 Å². The first-order valence-electron chi connectivity index (χ1n) is 4.64. The molecule has 1 rings (SSSR count). The number of hydrogen-bond acceptors (Lipinski definition) is 2. The highest BCUT2D eigenvalue weighted by atomic mass is 35.5. The number of carbonyl (C=O) groups is 1. The number of aliphatic carboxylic acids is 1. The minimum atomic E-state index is -0.937. The lowest BCUT2D eigenvalue weighted by Gasteiger charge is -2.14. The Morgan fingerprint density at radius 1 is 1.40 bits per heavy atom. The van der Waals surface area contributed by atoms with Crippen molar-refractivity contribution < 1.29 is 9.90 Å². The molecule has 0 saturated carbocycles. The summed E-state index contributed by atoms with van der Waals surface area (Å²) in [7, 11) is 0. The van der Waals surface area contributed by atoms with Crippen LogP contribution < -0.4 is 5.73 Å². The van der Waals surface area contributed by atoms with Crippen molar-refractivity contribution in [3.8, 4) is 0 Å². The lowest BCUT2D eigenvalue weighted by Crippen LogP contribution is -2.31. The quantitative estimate of drug-likeness (QED) is 0.830. The smallest absolute Gasteiger partial charge is 0.320 e. The van der Waals surface area contributed by atoms with Gasteiger partial charge >= 0.3 is 5.97 Å². The summed E-state index contributed by atoms with van der Waals surface area (Å²) in [6.07, 6.45) is 0.472. The number of carboxylic acids is 1. The number of halogens is 1. The summed E-state index contributed by atoms with van der Waals surface area (Å²) >= 11 is 0. The van der Waals surface area contributed by atoms with Gasteiger partial charge in [-0.25, -0.2) is 0 Å². The van der Waals surface area contributed by atoms with E-state index in [-0.39, 0.29) is 18.3 Å². The summed E-state index contributed by atoms with van der Waals surface area (Å²) in [6, 6.07) is 9.02. The maximum Gasteiger partial charge on any atom is 0.320 e. The number of carboxylic acid groups (broad SMARTS) is 1. The summed E-state index contributed by atoms with van der Waals surface area (Å²) in [5, 5.41) is 8.65. The summed E-state index contributed by atoms with van der Waals surface area (Å²) < 4.78 is 0. The average molecular weight is 230 g/mol. The van der Waals surface area contributed by atoms with E-state index in [9.17, 15) is 4.79 Å². The molecule has 0 aliphatic rings. The second kappa shape index (κ2) is 6.43. The van der Waals surface area contributed by atoms with Gasteiger partial charge in [0.2, 0.25) is 0 Å². The second-order valence-electron chi connectivity index (χ2n) is 3.49. The molecule has 0 bridgehead atoms. The second-order valence-corrected chi connectivity index (χ2v) is 3.49. The van der Waals surface area contributed by atoms with Gasteiger partial charge in [0.1, 0.15) is 6.04 Å². The van der Waals surface area contributed by atoms with Gasteiger partial charge in [-0.3, -0.25) is 4.79 Å². The van der Waals surface area contributed by atoms with Crippen LogP contribution in [0.25, 0.3) is 0 Å². The molecule has 2 atom stereocenters. The fourth-order valence-electron chi connectivity index (χ4n) is 1.40. The Labute approximate surface area is 95.7 Å². The van der Waals surface area contributed by atoms with Crippen molar-refractivity contribution in [2.75, 3.05) is 0 Å². The molecule has 15 heavy (non-hydrogen) atoms. The number of nitrogens with two attached hydrogens (primary N) is 1. The molecular formula is C11H16ClNO2. The Hall–Kier alpha value is -1.06. The molecule has 1 aromatic rings. The van der Waals surface area contributed by atoms with Gasteiger partial charge in [-0.15, -0.1) is 12.4 Å². The molecule has 0 saturated heterocycles. The van der Waals surface area contributed by atoms with Crippen molar-refractivity contribution in [1.29, 1.82) is 0 Å². The highest BCUT2D eigenvalue weighted by molar-refractivity contribution is 5.85. The van der Waals surface area contributed by atoms with E-state index >= 15 is 0 Å². The van der Waals surface area contributed by atoms with Crippen LogP contribution in [-0.4, -0.2) is 17.1 Å². The van der Waals surface area contributed by atoms with Crippen LogP contribution in [0.1, 0.15) is 24.8 Å². The highest BCUT2D eigenvalue weighted by Gasteiger charge is 2.16. The van der Waals surface area contributed by atoms with E-state index in [2.05, 4.69) is 0 Å². The molecule has 0 aliphatic carbocycles. The first-order valence-corrected chi connectivity index (χ1v) is 4.64. The van der Waals surface area contributed by atoms with Gasteiger partial charge in [0, 0.05) is 0 Å². The summed E-state index contributed by atoms with van der Waals surface area (Å²) in [4.78, 5) is 10.5. The lowest BCUT2D eigenvalue weighted by atomic mass is 9.94. The summed E-state index contributed by atoms with van der Waals surface area (Å²) in [5.41, 5.74) is 6.58. The topological polar surface area (TPSA) is 63.3 Å². The predicted molar refractivity (Wildman–Crippen MR) is 62.3 cm³/mol. The molecule has 0 spiro atoms. The number of hydrogen-bond donors (Lipinski definition) is 2. The molecule has 0 fully saturated rings. The van der Waals surface area contributed by atoms with Gasteiger partial charge in [0.05, 0.1) is 0 Å². The SMILES string of the molecule is CC(C[C@H](N)C(=O)O)c1ccccc1.Cl. The molecule has 0 aromatic heterocycles. The van der Waals surface area contributed by atoms with E-state index in [1.54, 1.807) is 0 Å². The molecule has 3 N–H and O–H groups in total. The standard InChI is InChI=1S/C11H15NO2.ClH/c1-8(7-10(12)11(13)14)9-5-3-2-4-6-9;/h2-6,8,10H,7,12H2,1H3,(H,13,14);1H/t8?,10-;/m0./s1. The molecule has 3 nitrogen and oxygen atoms in total. The first kappa shape index (κ1) is 13.9. The number of benzene rings is 1. The van der Waals surface area contributed by atoms with Crippen LogP contribution >= 0.6 is 12.4 Å². The zero-order valence-corrected chi connectivity index (χ0v) is 9.41. The molecule has 1 aromatic carbocycles. The Morgan fingerprint density at radius 3 is 2.40 bits per heavy atom. The molecule has 4 heteroatoms. The van der Waals surface area contributed by atoms with Crippen molar-refractivity contribution in [2.24, 2.45) is 5.73 Å². The fraction of sp³-hybridized carbons (Fsp3) is 0.364. The minimum Gasteiger partial charge on any atom is -0.480 e. The van der Waals surface area contributed by atoms with E-state index in [0.717, 1.165) is 5.56 Å². The van der Waals surface area contributed by atoms with Crippen LogP contribution in [0.4, 0.5) is 0 Å². The highest BCUT2D eigenvalue weighted by Crippen LogP contribution is 2.19. The zero-order valence-electron chi connectivity index (χ0n) is 8.59. The molecule has 0 radical (unpaired) electrons. The van der Waals surface area contributed by atoms with Crippen molar-refractivity contribution in [3.05, 3.63) is 35.9 Å². The number of rotatable bonds is 4. The van der Waals surface area contributed by atoms with Crippen molar-refractivity contribution >= 4 is 18.4 Å². The molecule has 0 amide bonds. The zero-order chi connectivity index (χ0) is 10.6. The Morgan fingerprint density at radius 2 is 1.93 bits per heavy atom. The van der Waals surface area contributed by atoms with Crippen molar-refractivity contribution in [1.82, 2.24) is 0 Å². The van der Waals surface area contributed by atoms with Crippen LogP contribution in [0.5, 0.6) is 0 Å². The van der Waals surface area contributed by atoms with Gasteiger partial charge in [-0.2, -0.15) is 0 Å². The van der Waals surface area contributed by atoms with Gasteiger partial charge in [-0.05, 0) is 17.9 Å². The van der Waals surface area contributed by atoms with Crippen LogP contribution in [0.2, 0.25) is 0 Å². The Kier molecular flexibility index (Phi) is 5.97. The molecular weight excluding hydrogens is 214 g/mol. The lowest BCUT2D eigenvalue weighted by molar-refractivity contribution is -0.138. The van der Waals surface area contributed by atoms with Crippen LogP contribution in [0.15, 0.2) is 30.3 Å². The Bertz CT molecular complexity index is 303. The van der Waals surface area contributed by atoms with E-state index in [1.165, 1.54) is 0 Å². The summed E-state index contributed by atoms with van der Waals surface area (Å²) in [5.74, 6) is -0.755. The predicted octanol–water partition coefficient (Wildman–Crippen LogP) is 2.01. The maximum absolute atomic E-state index is 10.5. The first-order chi connectivity index (χ1) is 6.61. The van der Waals surface area contributed by atoms with Gasteiger partial charge in [0.15, 0.2) is 0 Å². The third kappa shape index (κ3) is 4.32. The van der Waals surface area contributed by atoms with E-state index in [4.69, 9.17) is 10.8 Å². The van der Waals surface area contributed by atoms with Gasteiger partial charge in [0.25, 0.3) is 0 Å². The van der Waals surface area contributed by atoms with Crippen molar-refractivity contribution in [3.63, 3.8) is 0 Å². The monoisotopic (exact) mass is 229 g/mol. The largest absolute Gasteiger partial charge is 0.480 e. The van der Waals surface area contributed by atoms with Crippen LogP contribution in [0.3, 0.4) is 0 Å². The molecule has 0 heterocycles. The molecule has 0 aliphatic heterocycles. The van der Waals surface area contributed by atoms with Gasteiger partial charge < -0.3 is 10.8 Å². The van der Waals surface area contributed by atoms with Crippen molar-refractivity contribution in [2.45, 2.75) is 25.3 Å². The summed E-state index contributed by atoms with van der Waals surface area (Å²) in [6.45, 7) is 1.98. The van der Waals surface area contributed by atoms with E-state index < -0.39 is 12.0 Å². The normalized spacial score (nSPS) is 13.7. The molecule has 1 unspecified atom stereocenters. The van der Waals surface area contributed by atoms with E-state index in [0.29, 0.717) is 6.42 Å². The third-order valence-corrected chi connectivity index (χ3v) is 2.29. The molecule has 84 valence electrons. The maximum atomic E-state index is 10.5. The average Bonchev–Trinajstić information content (AvgIpc) is 2.19. The van der Waals surface area contributed by atoms with Gasteiger partial charge in [-0.1, -0.05) is 37.3 Å². The van der Waals surface area contributed by atoms with Crippen LogP contribution in [0, 0.1) is 0 Å². The third-order valence-electron chi connectivity index (χ3n) is 2.29.